The lowest BCUT2D eigenvalue weighted by Gasteiger charge is -2.04. The first kappa shape index (κ1) is 11.7. The highest BCUT2D eigenvalue weighted by Crippen LogP contribution is 2.19. The molecule has 0 bridgehead atoms. The molecule has 1 amide bonds. The fraction of sp³-hybridized carbons (Fsp3) is 0.0833. The molecule has 5 heteroatoms. The minimum Gasteiger partial charge on any atom is -0.319 e. The van der Waals surface area contributed by atoms with E-state index in [4.69, 9.17) is 0 Å². The Morgan fingerprint density at radius 2 is 2.12 bits per heavy atom. The van der Waals surface area contributed by atoms with E-state index in [1.807, 2.05) is 12.3 Å². The number of benzene rings is 1. The summed E-state index contributed by atoms with van der Waals surface area (Å²) in [6.07, 6.45) is 0. The zero-order chi connectivity index (χ0) is 12.4. The van der Waals surface area contributed by atoms with Crippen LogP contribution in [0.5, 0.6) is 0 Å². The highest BCUT2D eigenvalue weighted by molar-refractivity contribution is 7.12. The summed E-state index contributed by atoms with van der Waals surface area (Å²) in [7, 11) is 0. The molecule has 2 rings (SSSR count). The molecule has 2 nitrogen and oxygen atoms in total. The summed E-state index contributed by atoms with van der Waals surface area (Å²) in [5, 5.41) is 4.15. The van der Waals surface area contributed by atoms with Crippen LogP contribution in [0.25, 0.3) is 0 Å². The average Bonchev–Trinajstić information content (AvgIpc) is 2.72. The number of anilines is 1. The molecule has 0 aliphatic heterocycles. The Morgan fingerprint density at radius 1 is 1.35 bits per heavy atom. The van der Waals surface area contributed by atoms with Crippen molar-refractivity contribution in [3.63, 3.8) is 0 Å². The Balaban J connectivity index is 2.21. The van der Waals surface area contributed by atoms with Gasteiger partial charge >= 0.3 is 0 Å². The summed E-state index contributed by atoms with van der Waals surface area (Å²) in [4.78, 5) is 12.2. The normalized spacial score (nSPS) is 10.3. The van der Waals surface area contributed by atoms with Crippen molar-refractivity contribution in [2.75, 3.05) is 5.32 Å². The first-order chi connectivity index (χ1) is 8.08. The van der Waals surface area contributed by atoms with Crippen molar-refractivity contribution in [3.8, 4) is 0 Å². The van der Waals surface area contributed by atoms with Gasteiger partial charge in [-0.3, -0.25) is 4.79 Å². The quantitative estimate of drug-likeness (QED) is 0.870. The van der Waals surface area contributed by atoms with Gasteiger partial charge in [0.2, 0.25) is 0 Å². The molecule has 1 N–H and O–H groups in total. The van der Waals surface area contributed by atoms with E-state index in [9.17, 15) is 13.6 Å². The van der Waals surface area contributed by atoms with E-state index in [0.29, 0.717) is 4.88 Å². The van der Waals surface area contributed by atoms with E-state index in [-0.39, 0.29) is 5.69 Å². The summed E-state index contributed by atoms with van der Waals surface area (Å²) in [6, 6.07) is 5.35. The molecule has 1 aromatic carbocycles. The maximum Gasteiger partial charge on any atom is 0.265 e. The Bertz CT molecular complexity index is 565. The van der Waals surface area contributed by atoms with Gasteiger partial charge in [-0.25, -0.2) is 8.78 Å². The summed E-state index contributed by atoms with van der Waals surface area (Å²) in [6.45, 7) is 1.86. The van der Waals surface area contributed by atoms with Gasteiger partial charge in [-0.2, -0.15) is 0 Å². The number of rotatable bonds is 2. The molecule has 88 valence electrons. The van der Waals surface area contributed by atoms with Crippen LogP contribution in [0, 0.1) is 18.6 Å². The zero-order valence-electron chi connectivity index (χ0n) is 8.96. The third kappa shape index (κ3) is 2.50. The van der Waals surface area contributed by atoms with E-state index in [0.717, 1.165) is 11.6 Å². The molecule has 0 aliphatic carbocycles. The largest absolute Gasteiger partial charge is 0.319 e. The van der Waals surface area contributed by atoms with Gasteiger partial charge in [-0.15, -0.1) is 11.3 Å². The third-order valence-corrected chi connectivity index (χ3v) is 3.20. The molecule has 0 fully saturated rings. The Morgan fingerprint density at radius 3 is 2.76 bits per heavy atom. The first-order valence-corrected chi connectivity index (χ1v) is 5.76. The molecule has 1 heterocycles. The van der Waals surface area contributed by atoms with E-state index in [2.05, 4.69) is 5.32 Å². The van der Waals surface area contributed by atoms with Crippen LogP contribution >= 0.6 is 11.3 Å². The van der Waals surface area contributed by atoms with Crippen molar-refractivity contribution >= 4 is 22.9 Å². The monoisotopic (exact) mass is 253 g/mol. The Labute approximate surface area is 101 Å². The number of halogens is 2. The molecule has 0 radical (unpaired) electrons. The van der Waals surface area contributed by atoms with Crippen LogP contribution in [0.15, 0.2) is 29.6 Å². The number of thiophene rings is 1. The Hall–Kier alpha value is -1.75. The lowest BCUT2D eigenvalue weighted by molar-refractivity contribution is 0.103. The summed E-state index contributed by atoms with van der Waals surface area (Å²) >= 11 is 1.26. The van der Waals surface area contributed by atoms with Crippen LogP contribution in [-0.4, -0.2) is 5.91 Å². The minimum absolute atomic E-state index is 0.152. The molecule has 0 unspecified atom stereocenters. The molecule has 2 aromatic rings. The fourth-order valence-corrected chi connectivity index (χ4v) is 2.13. The maximum atomic E-state index is 13.3. The van der Waals surface area contributed by atoms with Crippen LogP contribution in [-0.2, 0) is 0 Å². The predicted octanol–water partition coefficient (Wildman–Crippen LogP) is 3.59. The average molecular weight is 253 g/mol. The van der Waals surface area contributed by atoms with Gasteiger partial charge in [-0.1, -0.05) is 6.07 Å². The van der Waals surface area contributed by atoms with E-state index < -0.39 is 17.5 Å². The molecule has 0 atom stereocenters. The summed E-state index contributed by atoms with van der Waals surface area (Å²) in [5.74, 6) is -2.47. The standard InChI is InChI=1S/C12H9F2NOS/c1-7-5-10(17-6-7)12(16)15-9-4-2-3-8(13)11(9)14/h2-6H,1H3,(H,15,16). The minimum atomic E-state index is -1.05. The second-order valence-corrected chi connectivity index (χ2v) is 4.46. The van der Waals surface area contributed by atoms with Crippen molar-refractivity contribution < 1.29 is 13.6 Å². The maximum absolute atomic E-state index is 13.3. The van der Waals surface area contributed by atoms with Gasteiger partial charge in [0.25, 0.3) is 5.91 Å². The van der Waals surface area contributed by atoms with Crippen molar-refractivity contribution in [2.24, 2.45) is 0 Å². The van der Waals surface area contributed by atoms with Gasteiger partial charge in [0.15, 0.2) is 11.6 Å². The number of aryl methyl sites for hydroxylation is 1. The van der Waals surface area contributed by atoms with Crippen LogP contribution in [0.2, 0.25) is 0 Å². The lowest BCUT2D eigenvalue weighted by Crippen LogP contribution is -2.11. The van der Waals surface area contributed by atoms with Crippen molar-refractivity contribution in [1.29, 1.82) is 0 Å². The highest BCUT2D eigenvalue weighted by Gasteiger charge is 2.13. The molecular formula is C12H9F2NOS. The molecule has 0 aliphatic rings. The number of nitrogens with one attached hydrogen (secondary N) is 1. The van der Waals surface area contributed by atoms with Crippen LogP contribution in [0.3, 0.4) is 0 Å². The predicted molar refractivity (Wildman–Crippen MR) is 63.4 cm³/mol. The molecule has 0 saturated heterocycles. The number of hydrogen-bond donors (Lipinski definition) is 1. The fourth-order valence-electron chi connectivity index (χ4n) is 1.33. The number of carbonyl (C=O) groups excluding carboxylic acids is 1. The first-order valence-electron chi connectivity index (χ1n) is 4.88. The number of amides is 1. The van der Waals surface area contributed by atoms with Gasteiger partial charge in [0, 0.05) is 0 Å². The highest BCUT2D eigenvalue weighted by atomic mass is 32.1. The number of hydrogen-bond acceptors (Lipinski definition) is 2. The van der Waals surface area contributed by atoms with Crippen molar-refractivity contribution in [2.45, 2.75) is 6.92 Å². The second kappa shape index (κ2) is 4.63. The smallest absolute Gasteiger partial charge is 0.265 e. The van der Waals surface area contributed by atoms with Gasteiger partial charge in [0.05, 0.1) is 10.6 Å². The molecular weight excluding hydrogens is 244 g/mol. The molecule has 0 spiro atoms. The van der Waals surface area contributed by atoms with Gasteiger partial charge in [-0.05, 0) is 36.1 Å². The summed E-state index contributed by atoms with van der Waals surface area (Å²) in [5.41, 5.74) is 0.806. The van der Waals surface area contributed by atoms with E-state index in [1.54, 1.807) is 6.07 Å². The molecule has 1 aromatic heterocycles. The van der Waals surface area contributed by atoms with E-state index >= 15 is 0 Å². The number of carbonyl (C=O) groups is 1. The Kier molecular flexibility index (Phi) is 3.19. The SMILES string of the molecule is Cc1csc(C(=O)Nc2cccc(F)c2F)c1. The molecule has 17 heavy (non-hydrogen) atoms. The van der Waals surface area contributed by atoms with Gasteiger partial charge < -0.3 is 5.32 Å². The summed E-state index contributed by atoms with van der Waals surface area (Å²) < 4.78 is 26.2. The van der Waals surface area contributed by atoms with Crippen molar-refractivity contribution in [3.05, 3.63) is 51.7 Å². The van der Waals surface area contributed by atoms with Crippen LogP contribution < -0.4 is 5.32 Å². The topological polar surface area (TPSA) is 29.1 Å². The lowest BCUT2D eigenvalue weighted by atomic mass is 10.3. The van der Waals surface area contributed by atoms with Crippen LogP contribution in [0.1, 0.15) is 15.2 Å². The second-order valence-electron chi connectivity index (χ2n) is 3.54. The van der Waals surface area contributed by atoms with Crippen molar-refractivity contribution in [1.82, 2.24) is 0 Å². The van der Waals surface area contributed by atoms with E-state index in [1.165, 1.54) is 23.5 Å². The van der Waals surface area contributed by atoms with Crippen LogP contribution in [0.4, 0.5) is 14.5 Å². The van der Waals surface area contributed by atoms with Gasteiger partial charge in [0.1, 0.15) is 0 Å². The zero-order valence-corrected chi connectivity index (χ0v) is 9.78. The molecule has 0 saturated carbocycles. The third-order valence-electron chi connectivity index (χ3n) is 2.15.